The van der Waals surface area contributed by atoms with Gasteiger partial charge in [0.15, 0.2) is 5.78 Å². The molecule has 2 aliphatic rings. The van der Waals surface area contributed by atoms with Crippen molar-refractivity contribution >= 4 is 11.8 Å². The molecule has 4 heteroatoms. The zero-order chi connectivity index (χ0) is 13.9. The highest BCUT2D eigenvalue weighted by Gasteiger charge is 2.47. The number of rotatable bonds is 0. The molecule has 3 rings (SSSR count). The molecule has 1 heterocycles. The molecule has 0 saturated carbocycles. The minimum absolute atomic E-state index is 0.0470. The van der Waals surface area contributed by atoms with Gasteiger partial charge in [-0.05, 0) is 43.5 Å². The Bertz CT molecular complexity index is 613. The molecule has 1 aliphatic heterocycles. The van der Waals surface area contributed by atoms with Crippen molar-refractivity contribution < 1.29 is 19.4 Å². The maximum atomic E-state index is 12.4. The molecule has 1 aliphatic carbocycles. The van der Waals surface area contributed by atoms with Gasteiger partial charge in [-0.2, -0.15) is 0 Å². The molecule has 0 amide bonds. The third-order valence-corrected chi connectivity index (χ3v) is 4.34. The molecule has 1 aromatic carbocycles. The minimum Gasteiger partial charge on any atom is -0.462 e. The summed E-state index contributed by atoms with van der Waals surface area (Å²) in [5.41, 5.74) is 2.51. The predicted octanol–water partition coefficient (Wildman–Crippen LogP) is 1.96. The van der Waals surface area contributed by atoms with Gasteiger partial charge in [-0.3, -0.25) is 4.79 Å². The Labute approximate surface area is 111 Å². The van der Waals surface area contributed by atoms with Gasteiger partial charge in [0, 0.05) is 12.0 Å². The highest BCUT2D eigenvalue weighted by atomic mass is 16.5. The van der Waals surface area contributed by atoms with Gasteiger partial charge in [0.1, 0.15) is 0 Å². The molecule has 0 radical (unpaired) electrons. The molecule has 0 fully saturated rings. The van der Waals surface area contributed by atoms with E-state index in [1.165, 1.54) is 0 Å². The largest absolute Gasteiger partial charge is 0.462 e. The van der Waals surface area contributed by atoms with Crippen LogP contribution < -0.4 is 0 Å². The van der Waals surface area contributed by atoms with Crippen molar-refractivity contribution in [2.45, 2.75) is 33.3 Å². The third kappa shape index (κ3) is 1.43. The lowest BCUT2D eigenvalue weighted by Crippen LogP contribution is -2.24. The number of fused-ring (bicyclic) bond motifs is 2. The summed E-state index contributed by atoms with van der Waals surface area (Å²) in [5, 5.41) is 10.3. The average molecular weight is 260 g/mol. The van der Waals surface area contributed by atoms with Crippen LogP contribution in [0.5, 0.6) is 0 Å². The van der Waals surface area contributed by atoms with E-state index >= 15 is 0 Å². The van der Waals surface area contributed by atoms with Crippen molar-refractivity contribution in [1.29, 1.82) is 0 Å². The summed E-state index contributed by atoms with van der Waals surface area (Å²) < 4.78 is 5.03. The summed E-state index contributed by atoms with van der Waals surface area (Å²) in [6.45, 7) is 5.67. The molecule has 0 spiro atoms. The Balaban J connectivity index is 2.31. The Morgan fingerprint density at radius 1 is 1.37 bits per heavy atom. The van der Waals surface area contributed by atoms with Gasteiger partial charge in [-0.15, -0.1) is 0 Å². The summed E-state index contributed by atoms with van der Waals surface area (Å²) in [6, 6.07) is 1.64. The normalized spacial score (nSPS) is 23.9. The number of carbonyl (C=O) groups is 2. The third-order valence-electron chi connectivity index (χ3n) is 4.34. The Morgan fingerprint density at radius 3 is 2.74 bits per heavy atom. The van der Waals surface area contributed by atoms with Gasteiger partial charge in [-0.25, -0.2) is 4.79 Å². The number of esters is 1. The Morgan fingerprint density at radius 2 is 2.05 bits per heavy atom. The number of aliphatic hydroxyl groups is 1. The highest BCUT2D eigenvalue weighted by molar-refractivity contribution is 6.08. The molecule has 100 valence electrons. The van der Waals surface area contributed by atoms with Crippen LogP contribution in [0.1, 0.15) is 57.4 Å². The van der Waals surface area contributed by atoms with Crippen LogP contribution in [0.2, 0.25) is 0 Å². The fourth-order valence-corrected chi connectivity index (χ4v) is 3.06. The van der Waals surface area contributed by atoms with Crippen LogP contribution in [0.3, 0.4) is 0 Å². The zero-order valence-electron chi connectivity index (χ0n) is 11.2. The van der Waals surface area contributed by atoms with E-state index in [1.54, 1.807) is 19.9 Å². The molecule has 1 unspecified atom stereocenters. The Hall–Kier alpha value is -1.68. The second-order valence-corrected chi connectivity index (χ2v) is 5.83. The van der Waals surface area contributed by atoms with Crippen molar-refractivity contribution in [1.82, 2.24) is 0 Å². The van der Waals surface area contributed by atoms with E-state index in [-0.39, 0.29) is 11.8 Å². The van der Waals surface area contributed by atoms with Crippen LogP contribution in [-0.4, -0.2) is 23.5 Å². The van der Waals surface area contributed by atoms with E-state index in [4.69, 9.17) is 4.74 Å². The summed E-state index contributed by atoms with van der Waals surface area (Å²) >= 11 is 0. The van der Waals surface area contributed by atoms with Crippen LogP contribution >= 0.6 is 0 Å². The SMILES string of the molecule is Cc1c2c(cc3c1C(=O)C(C)(C)C3O)C(=O)OCC2. The number of benzene rings is 1. The molecule has 0 aromatic heterocycles. The lowest BCUT2D eigenvalue weighted by molar-refractivity contribution is 0.0477. The van der Waals surface area contributed by atoms with Gasteiger partial charge < -0.3 is 9.84 Å². The van der Waals surface area contributed by atoms with Crippen LogP contribution in [0.25, 0.3) is 0 Å². The quantitative estimate of drug-likeness (QED) is 0.724. The van der Waals surface area contributed by atoms with Crippen molar-refractivity contribution in [3.63, 3.8) is 0 Å². The number of carbonyl (C=O) groups excluding carboxylic acids is 2. The van der Waals surface area contributed by atoms with Gasteiger partial charge in [0.25, 0.3) is 0 Å². The maximum Gasteiger partial charge on any atom is 0.338 e. The van der Waals surface area contributed by atoms with Gasteiger partial charge >= 0.3 is 5.97 Å². The van der Waals surface area contributed by atoms with Crippen molar-refractivity contribution in [3.05, 3.63) is 33.9 Å². The number of aliphatic hydroxyl groups excluding tert-OH is 1. The smallest absolute Gasteiger partial charge is 0.338 e. The van der Waals surface area contributed by atoms with Crippen molar-refractivity contribution in [2.75, 3.05) is 6.61 Å². The molecule has 0 saturated heterocycles. The number of hydrogen-bond acceptors (Lipinski definition) is 4. The first-order chi connectivity index (χ1) is 8.85. The first-order valence-corrected chi connectivity index (χ1v) is 6.42. The first kappa shape index (κ1) is 12.4. The van der Waals surface area contributed by atoms with Crippen LogP contribution in [-0.2, 0) is 11.2 Å². The predicted molar refractivity (Wildman–Crippen MR) is 68.2 cm³/mol. The van der Waals surface area contributed by atoms with Gasteiger partial charge in [-0.1, -0.05) is 0 Å². The fraction of sp³-hybridized carbons (Fsp3) is 0.467. The maximum absolute atomic E-state index is 12.4. The minimum atomic E-state index is -0.867. The number of Topliss-reactive ketones (excluding diaryl/α,β-unsaturated/α-hetero) is 1. The number of ether oxygens (including phenoxy) is 1. The average Bonchev–Trinajstić information content (AvgIpc) is 2.53. The monoisotopic (exact) mass is 260 g/mol. The summed E-state index contributed by atoms with van der Waals surface area (Å²) in [5.74, 6) is -0.411. The van der Waals surface area contributed by atoms with Crippen LogP contribution in [0, 0.1) is 12.3 Å². The van der Waals surface area contributed by atoms with Crippen LogP contribution in [0.4, 0.5) is 0 Å². The molecular formula is C15H16O4. The lowest BCUT2D eigenvalue weighted by atomic mass is 9.86. The van der Waals surface area contributed by atoms with Crippen molar-refractivity contribution in [3.8, 4) is 0 Å². The van der Waals surface area contributed by atoms with Gasteiger partial charge in [0.05, 0.1) is 23.7 Å². The molecule has 1 atom stereocenters. The van der Waals surface area contributed by atoms with Crippen LogP contribution in [0.15, 0.2) is 6.07 Å². The first-order valence-electron chi connectivity index (χ1n) is 6.42. The van der Waals surface area contributed by atoms with Crippen molar-refractivity contribution in [2.24, 2.45) is 5.41 Å². The van der Waals surface area contributed by atoms with E-state index in [2.05, 4.69) is 0 Å². The van der Waals surface area contributed by atoms with E-state index in [0.717, 1.165) is 11.1 Å². The van der Waals surface area contributed by atoms with E-state index in [0.29, 0.717) is 29.7 Å². The highest BCUT2D eigenvalue weighted by Crippen LogP contribution is 2.47. The van der Waals surface area contributed by atoms with E-state index in [9.17, 15) is 14.7 Å². The fourth-order valence-electron chi connectivity index (χ4n) is 3.06. The second kappa shape index (κ2) is 3.67. The van der Waals surface area contributed by atoms with E-state index in [1.807, 2.05) is 6.92 Å². The van der Waals surface area contributed by atoms with E-state index < -0.39 is 11.5 Å². The molecule has 0 bridgehead atoms. The van der Waals surface area contributed by atoms with Gasteiger partial charge in [0.2, 0.25) is 0 Å². The number of ketones is 1. The zero-order valence-corrected chi connectivity index (χ0v) is 11.2. The summed E-state index contributed by atoms with van der Waals surface area (Å²) in [7, 11) is 0. The standard InChI is InChI=1S/C15H16O4/c1-7-8-4-5-19-14(18)9(8)6-10-11(7)13(17)15(2,3)12(10)16/h6,12,16H,4-5H2,1-3H3. The molecule has 4 nitrogen and oxygen atoms in total. The molecule has 19 heavy (non-hydrogen) atoms. The Kier molecular flexibility index (Phi) is 2.39. The lowest BCUT2D eigenvalue weighted by Gasteiger charge is -2.21. The molecule has 1 N–H and O–H groups in total. The molecule has 1 aromatic rings. The number of cyclic esters (lactones) is 1. The topological polar surface area (TPSA) is 63.6 Å². The summed E-state index contributed by atoms with van der Waals surface area (Å²) in [4.78, 5) is 24.2. The number of hydrogen-bond donors (Lipinski definition) is 1. The summed E-state index contributed by atoms with van der Waals surface area (Å²) in [6.07, 6.45) is -0.238. The molecular weight excluding hydrogens is 244 g/mol. The second-order valence-electron chi connectivity index (χ2n) is 5.83.